The van der Waals surface area contributed by atoms with E-state index < -0.39 is 12.1 Å². The number of ether oxygens (including phenoxy) is 2. The molecule has 0 aromatic heterocycles. The van der Waals surface area contributed by atoms with E-state index in [9.17, 15) is 14.7 Å². The minimum atomic E-state index is -0.920. The van der Waals surface area contributed by atoms with Gasteiger partial charge in [-0.25, -0.2) is 0 Å². The Labute approximate surface area is 189 Å². The predicted molar refractivity (Wildman–Crippen MR) is 122 cm³/mol. The molecule has 2 atom stereocenters. The van der Waals surface area contributed by atoms with Gasteiger partial charge in [0.05, 0.1) is 19.8 Å². The summed E-state index contributed by atoms with van der Waals surface area (Å²) in [5, 5.41) is 13.9. The van der Waals surface area contributed by atoms with E-state index in [0.717, 1.165) is 11.3 Å². The van der Waals surface area contributed by atoms with Crippen molar-refractivity contribution in [2.45, 2.75) is 45.9 Å². The third-order valence-corrected chi connectivity index (χ3v) is 5.34. The van der Waals surface area contributed by atoms with Crippen molar-refractivity contribution < 1.29 is 24.2 Å². The number of carbonyl (C=O) groups is 2. The van der Waals surface area contributed by atoms with E-state index in [-0.39, 0.29) is 30.4 Å². The van der Waals surface area contributed by atoms with Gasteiger partial charge in [0.15, 0.2) is 0 Å². The smallest absolute Gasteiger partial charge is 0.249 e. The maximum absolute atomic E-state index is 12.6. The van der Waals surface area contributed by atoms with Crippen LogP contribution in [0.4, 0.5) is 5.69 Å². The van der Waals surface area contributed by atoms with Gasteiger partial charge in [0, 0.05) is 18.7 Å². The molecule has 0 spiro atoms. The lowest BCUT2D eigenvalue weighted by Gasteiger charge is -2.38. The van der Waals surface area contributed by atoms with Gasteiger partial charge in [-0.1, -0.05) is 45.0 Å². The van der Waals surface area contributed by atoms with Gasteiger partial charge in [-0.05, 0) is 40.8 Å². The fraction of sp³-hybridized carbons (Fsp3) is 0.440. The van der Waals surface area contributed by atoms with Crippen LogP contribution >= 0.6 is 0 Å². The first-order chi connectivity index (χ1) is 15.2. The number of nitrogens with zero attached hydrogens (tertiary/aromatic N) is 1. The normalized spacial score (nSPS) is 17.7. The number of morpholine rings is 1. The van der Waals surface area contributed by atoms with Gasteiger partial charge in [-0.3, -0.25) is 9.59 Å². The molecular weight excluding hydrogens is 408 g/mol. The van der Waals surface area contributed by atoms with Crippen molar-refractivity contribution in [3.8, 4) is 5.75 Å². The van der Waals surface area contributed by atoms with Gasteiger partial charge in [0.25, 0.3) is 0 Å². The van der Waals surface area contributed by atoms with Crippen LogP contribution in [0.2, 0.25) is 0 Å². The molecule has 32 heavy (non-hydrogen) atoms. The Hall–Kier alpha value is -2.90. The summed E-state index contributed by atoms with van der Waals surface area (Å²) in [5.41, 5.74) is 2.17. The highest BCUT2D eigenvalue weighted by atomic mass is 16.5. The molecule has 3 rings (SSSR count). The lowest BCUT2D eigenvalue weighted by Crippen LogP contribution is -2.51. The van der Waals surface area contributed by atoms with Crippen LogP contribution in [-0.2, 0) is 20.9 Å². The van der Waals surface area contributed by atoms with E-state index in [1.54, 1.807) is 36.3 Å². The summed E-state index contributed by atoms with van der Waals surface area (Å²) >= 11 is 0. The first-order valence-corrected chi connectivity index (χ1v) is 10.7. The molecule has 0 aliphatic carbocycles. The zero-order chi connectivity index (χ0) is 23.3. The van der Waals surface area contributed by atoms with E-state index in [2.05, 4.69) is 5.32 Å². The van der Waals surface area contributed by atoms with Crippen molar-refractivity contribution in [3.05, 3.63) is 59.7 Å². The molecule has 1 saturated heterocycles. The van der Waals surface area contributed by atoms with Crippen LogP contribution in [-0.4, -0.2) is 48.2 Å². The maximum atomic E-state index is 12.6. The Bertz CT molecular complexity index is 919. The molecule has 2 amide bonds. The summed E-state index contributed by atoms with van der Waals surface area (Å²) in [6.07, 6.45) is -0.504. The Balaban J connectivity index is 1.70. The van der Waals surface area contributed by atoms with Gasteiger partial charge in [-0.2, -0.15) is 0 Å². The Kier molecular flexibility index (Phi) is 7.53. The highest BCUT2D eigenvalue weighted by molar-refractivity contribution is 5.91. The molecule has 172 valence electrons. The first kappa shape index (κ1) is 23.8. The van der Waals surface area contributed by atoms with Crippen molar-refractivity contribution in [1.29, 1.82) is 0 Å². The number of aliphatic hydroxyl groups is 1. The van der Waals surface area contributed by atoms with E-state index in [1.807, 2.05) is 45.0 Å². The van der Waals surface area contributed by atoms with Crippen molar-refractivity contribution >= 4 is 17.5 Å². The number of rotatable bonds is 7. The molecule has 2 aromatic carbocycles. The molecule has 0 radical (unpaired) electrons. The second-order valence-corrected chi connectivity index (χ2v) is 9.30. The zero-order valence-electron chi connectivity index (χ0n) is 19.1. The van der Waals surface area contributed by atoms with Crippen LogP contribution in [0.3, 0.4) is 0 Å². The summed E-state index contributed by atoms with van der Waals surface area (Å²) < 4.78 is 10.6. The quantitative estimate of drug-likeness (QED) is 0.688. The van der Waals surface area contributed by atoms with Gasteiger partial charge in [0.1, 0.15) is 18.5 Å². The van der Waals surface area contributed by atoms with Crippen molar-refractivity contribution in [2.24, 2.45) is 5.41 Å². The lowest BCUT2D eigenvalue weighted by molar-refractivity contribution is -0.155. The third-order valence-electron chi connectivity index (χ3n) is 5.34. The Morgan fingerprint density at radius 3 is 2.44 bits per heavy atom. The van der Waals surface area contributed by atoms with Gasteiger partial charge in [-0.15, -0.1) is 0 Å². The average Bonchev–Trinajstić information content (AvgIpc) is 2.74. The molecule has 7 heteroatoms. The summed E-state index contributed by atoms with van der Waals surface area (Å²) in [6.45, 7) is 6.64. The summed E-state index contributed by atoms with van der Waals surface area (Å²) in [4.78, 5) is 26.4. The molecule has 2 N–H and O–H groups in total. The molecule has 1 heterocycles. The topological polar surface area (TPSA) is 88.1 Å². The van der Waals surface area contributed by atoms with Crippen LogP contribution in [0.1, 0.15) is 44.4 Å². The van der Waals surface area contributed by atoms with Crippen molar-refractivity contribution in [1.82, 2.24) is 4.90 Å². The van der Waals surface area contributed by atoms with Gasteiger partial charge in [0.2, 0.25) is 11.8 Å². The van der Waals surface area contributed by atoms with E-state index in [1.165, 1.54) is 0 Å². The molecule has 1 aliphatic rings. The van der Waals surface area contributed by atoms with E-state index in [4.69, 9.17) is 9.47 Å². The number of methoxy groups -OCH3 is 1. The fourth-order valence-corrected chi connectivity index (χ4v) is 3.69. The number of benzene rings is 2. The predicted octanol–water partition coefficient (Wildman–Crippen LogP) is 3.53. The number of anilines is 1. The number of carbonyl (C=O) groups excluding carboxylic acids is 2. The van der Waals surface area contributed by atoms with Gasteiger partial charge < -0.3 is 24.8 Å². The molecule has 0 bridgehead atoms. The second kappa shape index (κ2) is 10.1. The highest BCUT2D eigenvalue weighted by Crippen LogP contribution is 2.27. The largest absolute Gasteiger partial charge is 0.497 e. The minimum Gasteiger partial charge on any atom is -0.497 e. The summed E-state index contributed by atoms with van der Waals surface area (Å²) in [5.74, 6) is 0.526. The van der Waals surface area contributed by atoms with Gasteiger partial charge >= 0.3 is 0 Å². The number of hydrogen-bond acceptors (Lipinski definition) is 5. The van der Waals surface area contributed by atoms with Crippen LogP contribution in [0, 0.1) is 5.41 Å². The first-order valence-electron chi connectivity index (χ1n) is 10.7. The molecule has 7 nitrogen and oxygen atoms in total. The molecule has 1 fully saturated rings. The number of hydrogen-bond donors (Lipinski definition) is 2. The van der Waals surface area contributed by atoms with Crippen LogP contribution in [0.5, 0.6) is 5.75 Å². The monoisotopic (exact) mass is 440 g/mol. The third kappa shape index (κ3) is 6.31. The standard InChI is InChI=1S/C25H32N2O5/c1-25(2,3)13-22(28)26-19-9-7-18(8-10-19)24(30)21-15-32-16-23(29)27(21)14-17-5-11-20(31-4)12-6-17/h5-12,21,24,30H,13-16H2,1-4H3,(H,26,28)/t21-,24-/m1/s1. The fourth-order valence-electron chi connectivity index (χ4n) is 3.69. The molecule has 1 aliphatic heterocycles. The van der Waals surface area contributed by atoms with Crippen LogP contribution < -0.4 is 10.1 Å². The van der Waals surface area contributed by atoms with Crippen LogP contribution in [0.25, 0.3) is 0 Å². The number of nitrogens with one attached hydrogen (secondary N) is 1. The van der Waals surface area contributed by atoms with Crippen LogP contribution in [0.15, 0.2) is 48.5 Å². The number of aliphatic hydroxyl groups excluding tert-OH is 1. The summed E-state index contributed by atoms with van der Waals surface area (Å²) in [6, 6.07) is 14.0. The molecule has 0 unspecified atom stereocenters. The Morgan fingerprint density at radius 2 is 1.84 bits per heavy atom. The zero-order valence-corrected chi connectivity index (χ0v) is 19.1. The SMILES string of the molecule is COc1ccc(CN2C(=O)COC[C@@H]2[C@H](O)c2ccc(NC(=O)CC(C)(C)C)cc2)cc1. The van der Waals surface area contributed by atoms with E-state index in [0.29, 0.717) is 24.2 Å². The molecule has 2 aromatic rings. The Morgan fingerprint density at radius 1 is 1.19 bits per heavy atom. The average molecular weight is 441 g/mol. The van der Waals surface area contributed by atoms with Crippen molar-refractivity contribution in [2.75, 3.05) is 25.6 Å². The molecular formula is C25H32N2O5. The molecule has 0 saturated carbocycles. The minimum absolute atomic E-state index is 0.00186. The number of amides is 2. The van der Waals surface area contributed by atoms with Crippen molar-refractivity contribution in [3.63, 3.8) is 0 Å². The summed E-state index contributed by atoms with van der Waals surface area (Å²) in [7, 11) is 1.61. The second-order valence-electron chi connectivity index (χ2n) is 9.30. The highest BCUT2D eigenvalue weighted by Gasteiger charge is 2.34. The van der Waals surface area contributed by atoms with E-state index >= 15 is 0 Å². The maximum Gasteiger partial charge on any atom is 0.249 e. The lowest BCUT2D eigenvalue weighted by atomic mass is 9.92.